The number of carbonyl (C=O) groups excluding carboxylic acids is 2. The number of benzene rings is 8. The van der Waals surface area contributed by atoms with E-state index in [1.165, 1.54) is 0 Å². The van der Waals surface area contributed by atoms with Gasteiger partial charge in [0.2, 0.25) is 11.6 Å². The lowest BCUT2D eigenvalue weighted by molar-refractivity contribution is 0.0817. The van der Waals surface area contributed by atoms with Gasteiger partial charge in [-0.1, -0.05) is 145 Å². The fourth-order valence-electron chi connectivity index (χ4n) is 6.08. The van der Waals surface area contributed by atoms with E-state index in [0.717, 1.165) is 55.1 Å². The Hall–Kier alpha value is -6.86. The number of anilines is 2. The molecule has 0 aliphatic rings. The van der Waals surface area contributed by atoms with Crippen molar-refractivity contribution < 1.29 is 9.59 Å². The van der Waals surface area contributed by atoms with Gasteiger partial charge in [0.05, 0.1) is 33.8 Å². The van der Waals surface area contributed by atoms with E-state index in [9.17, 15) is 9.59 Å². The normalized spacial score (nSPS) is 10.6. The molecule has 8 heteroatoms. The van der Waals surface area contributed by atoms with E-state index >= 15 is 0 Å². The van der Waals surface area contributed by atoms with E-state index in [0.29, 0.717) is 32.5 Å². The van der Waals surface area contributed by atoms with Crippen LogP contribution in [0.1, 0.15) is 20.7 Å². The molecule has 0 aliphatic carbocycles. The van der Waals surface area contributed by atoms with E-state index in [4.69, 9.17) is 44.6 Å². The molecule has 1 heterocycles. The Morgan fingerprint density at radius 3 is 1.18 bits per heavy atom. The molecule has 1 aromatic heterocycles. The molecule has 0 spiro atoms. The summed E-state index contributed by atoms with van der Waals surface area (Å²) in [5.41, 5.74) is 18.9. The van der Waals surface area contributed by atoms with Crippen molar-refractivity contribution in [3.8, 4) is 22.5 Å². The van der Waals surface area contributed by atoms with Crippen LogP contribution in [0.25, 0.3) is 55.1 Å². The molecule has 0 aliphatic heterocycles. The van der Waals surface area contributed by atoms with Gasteiger partial charge in [0.1, 0.15) is 0 Å². The topological polar surface area (TPSA) is 112 Å². The van der Waals surface area contributed by atoms with Crippen molar-refractivity contribution in [2.75, 3.05) is 11.5 Å². The molecule has 0 unspecified atom stereocenters. The molecular formula is C48H34Cl2N4O2. The van der Waals surface area contributed by atoms with Crippen LogP contribution in [0.15, 0.2) is 182 Å². The fraction of sp³-hybridized carbons (Fsp3) is 0. The Bertz CT molecular complexity index is 2770. The molecule has 9 rings (SSSR count). The minimum Gasteiger partial charge on any atom is -0.397 e. The molecule has 0 saturated carbocycles. The van der Waals surface area contributed by atoms with Gasteiger partial charge in [-0.3, -0.25) is 9.59 Å². The lowest BCUT2D eigenvalue weighted by Crippen LogP contribution is -2.14. The fourth-order valence-corrected chi connectivity index (χ4v) is 6.33. The highest BCUT2D eigenvalue weighted by molar-refractivity contribution is 6.49. The van der Waals surface area contributed by atoms with Crippen LogP contribution >= 0.6 is 23.2 Å². The Morgan fingerprint density at radius 2 is 0.732 bits per heavy atom. The second-order valence-electron chi connectivity index (χ2n) is 12.8. The summed E-state index contributed by atoms with van der Waals surface area (Å²) in [5, 5.41) is 5.83. The summed E-state index contributed by atoms with van der Waals surface area (Å²) in [4.78, 5) is 33.7. The van der Waals surface area contributed by atoms with Crippen LogP contribution in [-0.2, 0) is 0 Å². The summed E-state index contributed by atoms with van der Waals surface area (Å²) in [6.07, 6.45) is 0. The number of nitrogens with two attached hydrogens (primary N) is 2. The first-order chi connectivity index (χ1) is 27.2. The first-order valence-corrected chi connectivity index (χ1v) is 18.4. The second kappa shape index (κ2) is 17.1. The zero-order valence-electron chi connectivity index (χ0n) is 29.9. The molecule has 8 aromatic carbocycles. The minimum atomic E-state index is -0.520. The predicted molar refractivity (Wildman–Crippen MR) is 232 cm³/mol. The van der Waals surface area contributed by atoms with Crippen LogP contribution < -0.4 is 11.5 Å². The average molecular weight is 770 g/mol. The molecular weight excluding hydrogens is 735 g/mol. The number of halogens is 2. The van der Waals surface area contributed by atoms with E-state index in [1.807, 2.05) is 91.0 Å². The van der Waals surface area contributed by atoms with Crippen LogP contribution in [0.3, 0.4) is 0 Å². The summed E-state index contributed by atoms with van der Waals surface area (Å²) in [6, 6.07) is 57.0. The van der Waals surface area contributed by atoms with Gasteiger partial charge in [0.15, 0.2) is 0 Å². The van der Waals surface area contributed by atoms with E-state index in [1.54, 1.807) is 54.6 Å². The van der Waals surface area contributed by atoms with E-state index in [-0.39, 0.29) is 0 Å². The minimum absolute atomic E-state index is 0.350. The molecule has 0 radical (unpaired) electrons. The molecule has 0 saturated heterocycles. The molecule has 56 heavy (non-hydrogen) atoms. The van der Waals surface area contributed by atoms with Crippen molar-refractivity contribution in [2.45, 2.75) is 0 Å². The Kier molecular flexibility index (Phi) is 11.4. The van der Waals surface area contributed by atoms with Gasteiger partial charge in [-0.2, -0.15) is 0 Å². The quantitative estimate of drug-likeness (QED) is 0.0780. The maximum atomic E-state index is 11.9. The smallest absolute Gasteiger partial charge is 0.233 e. The van der Waals surface area contributed by atoms with Crippen molar-refractivity contribution in [3.63, 3.8) is 0 Å². The van der Waals surface area contributed by atoms with Crippen LogP contribution in [0.4, 0.5) is 11.4 Å². The summed E-state index contributed by atoms with van der Waals surface area (Å²) in [6.45, 7) is 0. The zero-order valence-corrected chi connectivity index (χ0v) is 31.5. The molecule has 272 valence electrons. The zero-order chi connectivity index (χ0) is 39.0. The van der Waals surface area contributed by atoms with Crippen molar-refractivity contribution >= 4 is 78.7 Å². The second-order valence-corrected chi connectivity index (χ2v) is 13.7. The van der Waals surface area contributed by atoms with Gasteiger partial charge in [-0.05, 0) is 82.2 Å². The third-order valence-corrected chi connectivity index (χ3v) is 9.50. The third-order valence-electron chi connectivity index (χ3n) is 9.00. The predicted octanol–water partition coefficient (Wildman–Crippen LogP) is 12.2. The molecule has 4 N–H and O–H groups in total. The summed E-state index contributed by atoms with van der Waals surface area (Å²) >= 11 is 11.8. The molecule has 0 atom stereocenters. The van der Waals surface area contributed by atoms with Crippen molar-refractivity contribution in [2.24, 2.45) is 0 Å². The molecule has 0 bridgehead atoms. The summed E-state index contributed by atoms with van der Waals surface area (Å²) in [5.74, 6) is -1.03. The molecule has 9 aromatic rings. The SMILES string of the molecule is Clc1ccc(-c2nc3cc4ccccc4cc3nc2-c2ccccc2)cc1.Nc1cc2ccccc2cc1N.O=C(C(=O)c1ccc(Cl)cc1)c1ccccc1. The number of hydrogen-bond acceptors (Lipinski definition) is 6. The standard InChI is InChI=1S/C24H15ClN2.C14H9ClO2.C10H10N2/c25-20-12-10-17(11-13-20)24-23(16-6-2-1-3-7-16)26-21-14-18-8-4-5-9-19(18)15-22(21)27-24;15-12-8-6-11(7-9-12)14(17)13(16)10-4-2-1-3-5-10;11-9-5-7-3-1-2-4-8(7)6-10(9)12/h1-15H;1-9H;1-6H,11-12H2. The van der Waals surface area contributed by atoms with Gasteiger partial charge < -0.3 is 11.5 Å². The highest BCUT2D eigenvalue weighted by atomic mass is 35.5. The number of hydrogen-bond donors (Lipinski definition) is 2. The van der Waals surface area contributed by atoms with E-state index < -0.39 is 11.6 Å². The van der Waals surface area contributed by atoms with Gasteiger partial charge >= 0.3 is 0 Å². The first-order valence-electron chi connectivity index (χ1n) is 17.7. The monoisotopic (exact) mass is 768 g/mol. The number of ketones is 2. The van der Waals surface area contributed by atoms with Crippen molar-refractivity contribution in [1.29, 1.82) is 0 Å². The highest BCUT2D eigenvalue weighted by Gasteiger charge is 2.18. The van der Waals surface area contributed by atoms with Gasteiger partial charge in [-0.25, -0.2) is 9.97 Å². The number of nitrogen functional groups attached to an aromatic ring is 2. The largest absolute Gasteiger partial charge is 0.397 e. The Morgan fingerprint density at radius 1 is 0.393 bits per heavy atom. The third kappa shape index (κ3) is 8.74. The lowest BCUT2D eigenvalue weighted by atomic mass is 10.0. The number of rotatable bonds is 5. The highest BCUT2D eigenvalue weighted by Crippen LogP contribution is 2.33. The maximum Gasteiger partial charge on any atom is 0.233 e. The van der Waals surface area contributed by atoms with Crippen LogP contribution in [0.5, 0.6) is 0 Å². The van der Waals surface area contributed by atoms with Gasteiger partial charge in [-0.15, -0.1) is 0 Å². The number of Topliss-reactive ketones (excluding diaryl/α,β-unsaturated/α-hetero) is 2. The maximum absolute atomic E-state index is 11.9. The summed E-state index contributed by atoms with van der Waals surface area (Å²) in [7, 11) is 0. The van der Waals surface area contributed by atoms with Crippen molar-refractivity contribution in [3.05, 3.63) is 203 Å². The number of nitrogens with zero attached hydrogens (tertiary/aromatic N) is 2. The van der Waals surface area contributed by atoms with Crippen LogP contribution in [-0.4, -0.2) is 21.5 Å². The average Bonchev–Trinajstić information content (AvgIpc) is 3.24. The molecule has 0 amide bonds. The Labute approximate surface area is 334 Å². The number of fused-ring (bicyclic) bond motifs is 3. The van der Waals surface area contributed by atoms with Gasteiger partial charge in [0.25, 0.3) is 0 Å². The summed E-state index contributed by atoms with van der Waals surface area (Å²) < 4.78 is 0. The lowest BCUT2D eigenvalue weighted by Gasteiger charge is -2.11. The van der Waals surface area contributed by atoms with Crippen molar-refractivity contribution in [1.82, 2.24) is 9.97 Å². The van der Waals surface area contributed by atoms with E-state index in [2.05, 4.69) is 36.4 Å². The molecule has 0 fully saturated rings. The van der Waals surface area contributed by atoms with Crippen LogP contribution in [0.2, 0.25) is 10.0 Å². The first kappa shape index (κ1) is 37.5. The molecule has 6 nitrogen and oxygen atoms in total. The number of carbonyl (C=O) groups is 2. The Balaban J connectivity index is 0.000000142. The van der Waals surface area contributed by atoms with Crippen LogP contribution in [0, 0.1) is 0 Å². The number of aromatic nitrogens is 2. The van der Waals surface area contributed by atoms with Gasteiger partial charge in [0, 0.05) is 32.3 Å².